The van der Waals surface area contributed by atoms with Crippen LogP contribution < -0.4 is 11.1 Å². The lowest BCUT2D eigenvalue weighted by Crippen LogP contribution is -2.40. The predicted octanol–water partition coefficient (Wildman–Crippen LogP) is 2.66. The zero-order valence-corrected chi connectivity index (χ0v) is 14.1. The van der Waals surface area contributed by atoms with Gasteiger partial charge in [-0.2, -0.15) is 5.10 Å². The number of benzene rings is 2. The van der Waals surface area contributed by atoms with Crippen molar-refractivity contribution in [3.63, 3.8) is 0 Å². The van der Waals surface area contributed by atoms with E-state index in [0.29, 0.717) is 29.6 Å². The quantitative estimate of drug-likeness (QED) is 0.629. The standard InChI is InChI=1S/C19H20F2N4O/c20-16-9-13(5-6-15(16)19(21)7-2-8-23-11-19)25-10-12-3-1-4-14(18(22)26)17(12)24-25/h1,3-6,9-10,18,23,26H,2,7-8,11,22H2. The zero-order chi connectivity index (χ0) is 18.3. The second kappa shape index (κ2) is 6.42. The first-order chi connectivity index (χ1) is 12.5. The summed E-state index contributed by atoms with van der Waals surface area (Å²) in [5.41, 5.74) is 5.47. The van der Waals surface area contributed by atoms with Crippen molar-refractivity contribution in [2.24, 2.45) is 5.73 Å². The maximum atomic E-state index is 15.0. The van der Waals surface area contributed by atoms with Gasteiger partial charge < -0.3 is 16.2 Å². The van der Waals surface area contributed by atoms with Crippen LogP contribution in [0.15, 0.2) is 42.6 Å². The summed E-state index contributed by atoms with van der Waals surface area (Å²) in [5, 5.41) is 17.8. The molecule has 26 heavy (non-hydrogen) atoms. The summed E-state index contributed by atoms with van der Waals surface area (Å²) in [7, 11) is 0. The molecule has 0 aliphatic carbocycles. The fraction of sp³-hybridized carbons (Fsp3) is 0.316. The minimum atomic E-state index is -1.69. The Balaban J connectivity index is 1.74. The van der Waals surface area contributed by atoms with Crippen LogP contribution in [0.3, 0.4) is 0 Å². The number of fused-ring (bicyclic) bond motifs is 1. The Labute approximate surface area is 149 Å². The highest BCUT2D eigenvalue weighted by molar-refractivity contribution is 5.82. The van der Waals surface area contributed by atoms with Crippen LogP contribution in [0.5, 0.6) is 0 Å². The van der Waals surface area contributed by atoms with Crippen molar-refractivity contribution in [2.75, 3.05) is 13.1 Å². The average Bonchev–Trinajstić information content (AvgIpc) is 3.06. The van der Waals surface area contributed by atoms with E-state index in [-0.39, 0.29) is 12.1 Å². The molecule has 1 aliphatic rings. The molecule has 2 aromatic carbocycles. The molecule has 4 rings (SSSR count). The highest BCUT2D eigenvalue weighted by atomic mass is 19.1. The average molecular weight is 358 g/mol. The monoisotopic (exact) mass is 358 g/mol. The van der Waals surface area contributed by atoms with Crippen LogP contribution in [0.4, 0.5) is 8.78 Å². The highest BCUT2D eigenvalue weighted by Gasteiger charge is 2.36. The molecule has 7 heteroatoms. The molecule has 0 saturated carbocycles. The lowest BCUT2D eigenvalue weighted by atomic mass is 9.88. The molecule has 0 radical (unpaired) electrons. The number of aliphatic hydroxyl groups excluding tert-OH is 1. The van der Waals surface area contributed by atoms with Gasteiger partial charge in [0.15, 0.2) is 5.67 Å². The number of rotatable bonds is 3. The lowest BCUT2D eigenvalue weighted by molar-refractivity contribution is 0.117. The second-order valence-corrected chi connectivity index (χ2v) is 6.71. The second-order valence-electron chi connectivity index (χ2n) is 6.71. The van der Waals surface area contributed by atoms with E-state index in [9.17, 15) is 9.50 Å². The van der Waals surface area contributed by atoms with E-state index >= 15 is 4.39 Å². The van der Waals surface area contributed by atoms with Gasteiger partial charge in [0, 0.05) is 29.3 Å². The molecule has 2 heterocycles. The summed E-state index contributed by atoms with van der Waals surface area (Å²) < 4.78 is 31.2. The maximum Gasteiger partial charge on any atom is 0.151 e. The molecule has 136 valence electrons. The number of nitrogens with one attached hydrogen (secondary N) is 1. The topological polar surface area (TPSA) is 76.1 Å². The highest BCUT2D eigenvalue weighted by Crippen LogP contribution is 2.35. The third-order valence-corrected chi connectivity index (χ3v) is 4.92. The van der Waals surface area contributed by atoms with E-state index in [4.69, 9.17) is 5.73 Å². The SMILES string of the molecule is NC(O)c1cccc2cn(-c3ccc(C4(F)CCCNC4)c(F)c3)nc12. The first-order valence-electron chi connectivity index (χ1n) is 8.60. The van der Waals surface area contributed by atoms with Crippen LogP contribution in [0.2, 0.25) is 0 Å². The van der Waals surface area contributed by atoms with E-state index in [1.807, 2.05) is 6.07 Å². The largest absolute Gasteiger partial charge is 0.374 e. The van der Waals surface area contributed by atoms with Gasteiger partial charge in [0.2, 0.25) is 0 Å². The van der Waals surface area contributed by atoms with Crippen LogP contribution in [-0.4, -0.2) is 28.0 Å². The molecule has 0 spiro atoms. The first-order valence-corrected chi connectivity index (χ1v) is 8.60. The van der Waals surface area contributed by atoms with Gasteiger partial charge in [0.05, 0.1) is 11.2 Å². The number of hydrogen-bond acceptors (Lipinski definition) is 4. The van der Waals surface area contributed by atoms with Gasteiger partial charge >= 0.3 is 0 Å². The number of hydrogen-bond donors (Lipinski definition) is 3. The Morgan fingerprint density at radius 2 is 2.15 bits per heavy atom. The summed E-state index contributed by atoms with van der Waals surface area (Å²) in [6.45, 7) is 0.868. The van der Waals surface area contributed by atoms with Gasteiger partial charge in [-0.05, 0) is 31.5 Å². The zero-order valence-electron chi connectivity index (χ0n) is 14.1. The molecular weight excluding hydrogens is 338 g/mol. The molecule has 1 saturated heterocycles. The molecule has 2 atom stereocenters. The third-order valence-electron chi connectivity index (χ3n) is 4.92. The van der Waals surface area contributed by atoms with Crippen LogP contribution in [0, 0.1) is 5.82 Å². The number of piperidine rings is 1. The maximum absolute atomic E-state index is 15.0. The molecule has 0 bridgehead atoms. The smallest absolute Gasteiger partial charge is 0.151 e. The molecule has 2 unspecified atom stereocenters. The normalized spacial score (nSPS) is 21.8. The van der Waals surface area contributed by atoms with Crippen molar-refractivity contribution >= 4 is 10.9 Å². The van der Waals surface area contributed by atoms with Gasteiger partial charge in [-0.1, -0.05) is 24.3 Å². The van der Waals surface area contributed by atoms with Gasteiger partial charge in [-0.25, -0.2) is 13.5 Å². The Kier molecular flexibility index (Phi) is 4.22. The third kappa shape index (κ3) is 2.88. The summed E-state index contributed by atoms with van der Waals surface area (Å²) in [5.74, 6) is -0.590. The number of aliphatic hydroxyl groups is 1. The van der Waals surface area contributed by atoms with Crippen molar-refractivity contribution in [1.82, 2.24) is 15.1 Å². The van der Waals surface area contributed by atoms with E-state index in [1.165, 1.54) is 16.8 Å². The van der Waals surface area contributed by atoms with Crippen molar-refractivity contribution in [1.29, 1.82) is 0 Å². The summed E-state index contributed by atoms with van der Waals surface area (Å²) in [6, 6.07) is 9.72. The van der Waals surface area contributed by atoms with Crippen LogP contribution in [0.1, 0.15) is 30.2 Å². The van der Waals surface area contributed by atoms with Gasteiger partial charge in [0.1, 0.15) is 12.0 Å². The lowest BCUT2D eigenvalue weighted by Gasteiger charge is -2.30. The van der Waals surface area contributed by atoms with E-state index in [0.717, 1.165) is 11.9 Å². The molecule has 1 fully saturated rings. The summed E-state index contributed by atoms with van der Waals surface area (Å²) >= 11 is 0. The van der Waals surface area contributed by atoms with Crippen molar-refractivity contribution < 1.29 is 13.9 Å². The fourth-order valence-corrected chi connectivity index (χ4v) is 3.55. The van der Waals surface area contributed by atoms with Crippen molar-refractivity contribution in [2.45, 2.75) is 24.7 Å². The molecular formula is C19H20F2N4O. The number of nitrogens with two attached hydrogens (primary N) is 1. The minimum Gasteiger partial charge on any atom is -0.374 e. The molecule has 0 amide bonds. The summed E-state index contributed by atoms with van der Waals surface area (Å²) in [6.07, 6.45) is 1.56. The van der Waals surface area contributed by atoms with Gasteiger partial charge in [-0.3, -0.25) is 0 Å². The van der Waals surface area contributed by atoms with E-state index in [2.05, 4.69) is 10.4 Å². The van der Waals surface area contributed by atoms with Crippen LogP contribution in [0.25, 0.3) is 16.6 Å². The van der Waals surface area contributed by atoms with Crippen molar-refractivity contribution in [3.8, 4) is 5.69 Å². The number of aromatic nitrogens is 2. The minimum absolute atomic E-state index is 0.0724. The van der Waals surface area contributed by atoms with E-state index < -0.39 is 17.7 Å². The van der Waals surface area contributed by atoms with Crippen molar-refractivity contribution in [3.05, 3.63) is 59.5 Å². The molecule has 3 aromatic rings. The summed E-state index contributed by atoms with van der Waals surface area (Å²) in [4.78, 5) is 0. The Morgan fingerprint density at radius 3 is 2.85 bits per heavy atom. The first kappa shape index (κ1) is 17.1. The number of nitrogens with zero attached hydrogens (tertiary/aromatic N) is 2. The Morgan fingerprint density at radius 1 is 1.31 bits per heavy atom. The molecule has 1 aromatic heterocycles. The predicted molar refractivity (Wildman–Crippen MR) is 95.1 cm³/mol. The van der Waals surface area contributed by atoms with Crippen LogP contribution in [-0.2, 0) is 5.67 Å². The molecule has 1 aliphatic heterocycles. The van der Waals surface area contributed by atoms with Crippen LogP contribution >= 0.6 is 0 Å². The Hall–Kier alpha value is -2.35. The Bertz CT molecular complexity index is 948. The number of halogens is 2. The van der Waals surface area contributed by atoms with Gasteiger partial charge in [0.25, 0.3) is 0 Å². The number of alkyl halides is 1. The molecule has 5 nitrogen and oxygen atoms in total. The van der Waals surface area contributed by atoms with Gasteiger partial charge in [-0.15, -0.1) is 0 Å². The van der Waals surface area contributed by atoms with E-state index in [1.54, 1.807) is 24.4 Å². The molecule has 4 N–H and O–H groups in total. The fourth-order valence-electron chi connectivity index (χ4n) is 3.55.